The second-order valence-corrected chi connectivity index (χ2v) is 4.43. The molecule has 3 nitrogen and oxygen atoms in total. The smallest absolute Gasteiger partial charge is 0.255 e. The van der Waals surface area contributed by atoms with Crippen LogP contribution in [0.2, 0.25) is 0 Å². The summed E-state index contributed by atoms with van der Waals surface area (Å²) in [4.78, 5) is 11.9. The van der Waals surface area contributed by atoms with E-state index < -0.39 is 0 Å². The predicted octanol–water partition coefficient (Wildman–Crippen LogP) is 3.32. The summed E-state index contributed by atoms with van der Waals surface area (Å²) in [7, 11) is 1.60. The summed E-state index contributed by atoms with van der Waals surface area (Å²) >= 11 is 1.55. The number of carbonyl (C=O) groups excluding carboxylic acids is 1. The van der Waals surface area contributed by atoms with Crippen LogP contribution in [0.15, 0.2) is 35.0 Å². The molecule has 4 heteroatoms. The van der Waals surface area contributed by atoms with Gasteiger partial charge in [-0.3, -0.25) is 4.79 Å². The summed E-state index contributed by atoms with van der Waals surface area (Å²) in [5.74, 6) is 0.602. The molecule has 0 spiro atoms. The lowest BCUT2D eigenvalue weighted by atomic mass is 10.1. The molecule has 1 aromatic carbocycles. The minimum Gasteiger partial charge on any atom is -0.496 e. The van der Waals surface area contributed by atoms with E-state index in [0.29, 0.717) is 5.56 Å². The average Bonchev–Trinajstić information content (AvgIpc) is 2.82. The van der Waals surface area contributed by atoms with E-state index in [1.165, 1.54) is 0 Å². The van der Waals surface area contributed by atoms with Gasteiger partial charge in [0.25, 0.3) is 5.91 Å². The third-order valence-electron chi connectivity index (χ3n) is 2.45. The Bertz CT molecular complexity index is 520. The van der Waals surface area contributed by atoms with Gasteiger partial charge in [-0.1, -0.05) is 6.07 Å². The second-order valence-electron chi connectivity index (χ2n) is 3.65. The first kappa shape index (κ1) is 11.7. The van der Waals surface area contributed by atoms with Gasteiger partial charge in [0, 0.05) is 10.9 Å². The maximum absolute atomic E-state index is 11.9. The Balaban J connectivity index is 2.19. The number of ether oxygens (including phenoxy) is 1. The normalized spacial score (nSPS) is 10.0. The molecule has 1 heterocycles. The van der Waals surface area contributed by atoms with Gasteiger partial charge in [0.2, 0.25) is 0 Å². The highest BCUT2D eigenvalue weighted by Crippen LogP contribution is 2.20. The number of nitrogens with one attached hydrogen (secondary N) is 1. The van der Waals surface area contributed by atoms with Gasteiger partial charge in [-0.15, -0.1) is 0 Å². The molecular formula is C13H13NO2S. The molecule has 17 heavy (non-hydrogen) atoms. The van der Waals surface area contributed by atoms with Gasteiger partial charge in [0.05, 0.1) is 12.8 Å². The highest BCUT2D eigenvalue weighted by atomic mass is 32.1. The van der Waals surface area contributed by atoms with Crippen molar-refractivity contribution in [2.45, 2.75) is 6.92 Å². The van der Waals surface area contributed by atoms with Crippen LogP contribution >= 0.6 is 11.3 Å². The Labute approximate surface area is 104 Å². The van der Waals surface area contributed by atoms with Crippen LogP contribution in [0.3, 0.4) is 0 Å². The van der Waals surface area contributed by atoms with Crippen LogP contribution in [0.5, 0.6) is 5.75 Å². The Hall–Kier alpha value is -1.81. The van der Waals surface area contributed by atoms with E-state index in [1.54, 1.807) is 30.6 Å². The number of thiophene rings is 1. The zero-order valence-electron chi connectivity index (χ0n) is 9.69. The maximum Gasteiger partial charge on any atom is 0.255 e. The number of methoxy groups -OCH3 is 1. The van der Waals surface area contributed by atoms with Crippen molar-refractivity contribution in [3.63, 3.8) is 0 Å². The molecule has 0 atom stereocenters. The number of aryl methyl sites for hydroxylation is 1. The number of rotatable bonds is 3. The van der Waals surface area contributed by atoms with Crippen molar-refractivity contribution in [3.8, 4) is 5.75 Å². The number of amides is 1. The van der Waals surface area contributed by atoms with E-state index in [4.69, 9.17) is 4.74 Å². The van der Waals surface area contributed by atoms with Crippen LogP contribution in [0.25, 0.3) is 0 Å². The molecule has 1 N–H and O–H groups in total. The third-order valence-corrected chi connectivity index (χ3v) is 3.13. The van der Waals surface area contributed by atoms with Gasteiger partial charge in [-0.2, -0.15) is 11.3 Å². The van der Waals surface area contributed by atoms with Gasteiger partial charge in [-0.05, 0) is 36.1 Å². The highest BCUT2D eigenvalue weighted by Gasteiger charge is 2.08. The molecular weight excluding hydrogens is 234 g/mol. The van der Waals surface area contributed by atoms with Crippen LogP contribution < -0.4 is 10.1 Å². The number of benzene rings is 1. The summed E-state index contributed by atoms with van der Waals surface area (Å²) in [6.07, 6.45) is 0. The van der Waals surface area contributed by atoms with Crippen molar-refractivity contribution in [2.24, 2.45) is 0 Å². The summed E-state index contributed by atoms with van der Waals surface area (Å²) < 4.78 is 5.19. The third kappa shape index (κ3) is 2.65. The molecule has 0 aliphatic heterocycles. The molecule has 0 fully saturated rings. The number of hydrogen-bond donors (Lipinski definition) is 1. The fraction of sp³-hybridized carbons (Fsp3) is 0.154. The summed E-state index contributed by atoms with van der Waals surface area (Å²) in [5.41, 5.74) is 2.43. The van der Waals surface area contributed by atoms with E-state index in [2.05, 4.69) is 5.32 Å². The van der Waals surface area contributed by atoms with Gasteiger partial charge in [0.1, 0.15) is 5.75 Å². The lowest BCUT2D eigenvalue weighted by molar-refractivity contribution is 0.102. The summed E-state index contributed by atoms with van der Waals surface area (Å²) in [6.45, 7) is 1.94. The van der Waals surface area contributed by atoms with Gasteiger partial charge in [0.15, 0.2) is 0 Å². The van der Waals surface area contributed by atoms with Crippen molar-refractivity contribution in [3.05, 3.63) is 46.2 Å². The SMILES string of the molecule is COc1cc(C(=O)Nc2ccsc2)ccc1C. The van der Waals surface area contributed by atoms with Crippen molar-refractivity contribution >= 4 is 22.9 Å². The molecule has 0 unspecified atom stereocenters. The zero-order chi connectivity index (χ0) is 12.3. The monoisotopic (exact) mass is 247 g/mol. The Morgan fingerprint density at radius 1 is 1.35 bits per heavy atom. The van der Waals surface area contributed by atoms with Gasteiger partial charge >= 0.3 is 0 Å². The summed E-state index contributed by atoms with van der Waals surface area (Å²) in [6, 6.07) is 7.28. The molecule has 0 radical (unpaired) electrons. The molecule has 88 valence electrons. The van der Waals surface area contributed by atoms with E-state index in [1.807, 2.05) is 29.8 Å². The van der Waals surface area contributed by atoms with Gasteiger partial charge in [-0.25, -0.2) is 0 Å². The first-order valence-corrected chi connectivity index (χ1v) is 6.13. The topological polar surface area (TPSA) is 38.3 Å². The Morgan fingerprint density at radius 2 is 2.18 bits per heavy atom. The van der Waals surface area contributed by atoms with E-state index in [-0.39, 0.29) is 5.91 Å². The quantitative estimate of drug-likeness (QED) is 0.903. The number of carbonyl (C=O) groups is 1. The summed E-state index contributed by atoms with van der Waals surface area (Å²) in [5, 5.41) is 6.64. The molecule has 0 saturated carbocycles. The van der Waals surface area contributed by atoms with Crippen molar-refractivity contribution < 1.29 is 9.53 Å². The van der Waals surface area contributed by atoms with Crippen molar-refractivity contribution in [2.75, 3.05) is 12.4 Å². The molecule has 2 rings (SSSR count). The van der Waals surface area contributed by atoms with Crippen molar-refractivity contribution in [1.82, 2.24) is 0 Å². The maximum atomic E-state index is 11.9. The standard InChI is InChI=1S/C13H13NO2S/c1-9-3-4-10(7-12(9)16-2)13(15)14-11-5-6-17-8-11/h3-8H,1-2H3,(H,14,15). The van der Waals surface area contributed by atoms with Gasteiger partial charge < -0.3 is 10.1 Å². The molecule has 0 bridgehead atoms. The molecule has 0 saturated heterocycles. The van der Waals surface area contributed by atoms with Crippen LogP contribution in [-0.2, 0) is 0 Å². The zero-order valence-corrected chi connectivity index (χ0v) is 10.5. The fourth-order valence-corrected chi connectivity index (χ4v) is 2.09. The van der Waals surface area contributed by atoms with E-state index in [9.17, 15) is 4.79 Å². The first-order valence-electron chi connectivity index (χ1n) is 5.19. The molecule has 2 aromatic rings. The molecule has 1 amide bonds. The molecule has 0 aliphatic rings. The highest BCUT2D eigenvalue weighted by molar-refractivity contribution is 7.08. The Kier molecular flexibility index (Phi) is 3.44. The molecule has 0 aliphatic carbocycles. The number of anilines is 1. The van der Waals surface area contributed by atoms with E-state index in [0.717, 1.165) is 17.0 Å². The first-order chi connectivity index (χ1) is 8.20. The predicted molar refractivity (Wildman–Crippen MR) is 70.0 cm³/mol. The minimum absolute atomic E-state index is 0.123. The van der Waals surface area contributed by atoms with Crippen molar-refractivity contribution in [1.29, 1.82) is 0 Å². The lowest BCUT2D eigenvalue weighted by Crippen LogP contribution is -2.11. The number of hydrogen-bond acceptors (Lipinski definition) is 3. The van der Waals surface area contributed by atoms with Crippen LogP contribution in [-0.4, -0.2) is 13.0 Å². The average molecular weight is 247 g/mol. The van der Waals surface area contributed by atoms with Crippen LogP contribution in [0, 0.1) is 6.92 Å². The molecule has 1 aromatic heterocycles. The van der Waals surface area contributed by atoms with E-state index >= 15 is 0 Å². The largest absolute Gasteiger partial charge is 0.496 e. The minimum atomic E-state index is -0.123. The van der Waals surface area contributed by atoms with Crippen LogP contribution in [0.4, 0.5) is 5.69 Å². The fourth-order valence-electron chi connectivity index (χ4n) is 1.50. The second kappa shape index (κ2) is 5.01. The van der Waals surface area contributed by atoms with Crippen LogP contribution in [0.1, 0.15) is 15.9 Å². The Morgan fingerprint density at radius 3 is 2.82 bits per heavy atom. The lowest BCUT2D eigenvalue weighted by Gasteiger charge is -2.07.